The highest BCUT2D eigenvalue weighted by atomic mass is 15.5. The summed E-state index contributed by atoms with van der Waals surface area (Å²) in [5, 5.41) is 2.28. The quantitative estimate of drug-likeness (QED) is 0.479. The normalized spacial score (nSPS) is 19.5. The Morgan fingerprint density at radius 2 is 2.00 bits per heavy atom. The van der Waals surface area contributed by atoms with Gasteiger partial charge in [0.2, 0.25) is 0 Å². The molecule has 0 amide bonds. The number of nitrogens with one attached hydrogen (secondary N) is 1. The molecule has 0 bridgehead atoms. The fourth-order valence-electron chi connectivity index (χ4n) is 1.34. The van der Waals surface area contributed by atoms with Crippen molar-refractivity contribution in [2.24, 2.45) is 0 Å². The molecule has 0 aromatic rings. The van der Waals surface area contributed by atoms with Crippen molar-refractivity contribution in [2.75, 3.05) is 19.6 Å². The third-order valence-electron chi connectivity index (χ3n) is 1.96. The lowest BCUT2D eigenvalue weighted by Crippen LogP contribution is -2.41. The first-order valence-corrected chi connectivity index (χ1v) is 4.35. The summed E-state index contributed by atoms with van der Waals surface area (Å²) in [5.74, 6) is 2.62. The number of rotatable bonds is 3. The van der Waals surface area contributed by atoms with Gasteiger partial charge in [-0.2, -0.15) is 0 Å². The Morgan fingerprint density at radius 3 is 2.64 bits per heavy atom. The molecular weight excluding hydrogens is 136 g/mol. The van der Waals surface area contributed by atoms with E-state index in [0.29, 0.717) is 0 Å². The Morgan fingerprint density at radius 1 is 1.27 bits per heavy atom. The van der Waals surface area contributed by atoms with Crippen LogP contribution in [-0.2, 0) is 0 Å². The van der Waals surface area contributed by atoms with Crippen molar-refractivity contribution in [3.05, 3.63) is 0 Å². The van der Waals surface area contributed by atoms with Crippen LogP contribution < -0.4 is 5.43 Å². The highest BCUT2D eigenvalue weighted by Crippen LogP contribution is 2.05. The zero-order valence-electron chi connectivity index (χ0n) is 6.97. The Kier molecular flexibility index (Phi) is 4.03. The Hall–Kier alpha value is -0.520. The smallest absolute Gasteiger partial charge is 0.0225 e. The largest absolute Gasteiger partial charge is 0.254 e. The SMILES string of the molecule is C#CCCNN1CCCCC1. The van der Waals surface area contributed by atoms with Gasteiger partial charge in [0.25, 0.3) is 0 Å². The van der Waals surface area contributed by atoms with Crippen LogP contribution in [-0.4, -0.2) is 24.6 Å². The molecule has 0 saturated carbocycles. The summed E-state index contributed by atoms with van der Waals surface area (Å²) in [6.07, 6.45) is 9.99. The van der Waals surface area contributed by atoms with E-state index in [1.165, 1.54) is 32.4 Å². The lowest BCUT2D eigenvalue weighted by molar-refractivity contribution is 0.156. The summed E-state index contributed by atoms with van der Waals surface area (Å²) in [5.41, 5.74) is 3.31. The van der Waals surface area contributed by atoms with E-state index in [9.17, 15) is 0 Å². The lowest BCUT2D eigenvalue weighted by Gasteiger charge is -2.26. The highest BCUT2D eigenvalue weighted by Gasteiger charge is 2.07. The second-order valence-electron chi connectivity index (χ2n) is 2.91. The Bertz CT molecular complexity index is 131. The second kappa shape index (κ2) is 5.17. The summed E-state index contributed by atoms with van der Waals surface area (Å²) in [6.45, 7) is 3.30. The van der Waals surface area contributed by atoms with Crippen LogP contribution in [0.25, 0.3) is 0 Å². The molecule has 1 saturated heterocycles. The van der Waals surface area contributed by atoms with Crippen LogP contribution in [0.15, 0.2) is 0 Å². The van der Waals surface area contributed by atoms with Crippen LogP contribution in [0.4, 0.5) is 0 Å². The summed E-state index contributed by atoms with van der Waals surface area (Å²) in [4.78, 5) is 0. The number of terminal acetylenes is 1. The summed E-state index contributed by atoms with van der Waals surface area (Å²) < 4.78 is 0. The molecule has 0 aromatic carbocycles. The van der Waals surface area contributed by atoms with Crippen LogP contribution in [0.2, 0.25) is 0 Å². The predicted molar refractivity (Wildman–Crippen MR) is 46.9 cm³/mol. The molecular formula is C9H16N2. The van der Waals surface area contributed by atoms with Gasteiger partial charge in [-0.1, -0.05) is 6.42 Å². The molecule has 0 spiro atoms. The maximum atomic E-state index is 5.14. The molecule has 2 nitrogen and oxygen atoms in total. The van der Waals surface area contributed by atoms with Crippen LogP contribution in [0, 0.1) is 12.3 Å². The number of piperidine rings is 1. The van der Waals surface area contributed by atoms with Crippen molar-refractivity contribution in [3.8, 4) is 12.3 Å². The molecule has 0 atom stereocenters. The molecule has 0 radical (unpaired) electrons. The number of nitrogens with zero attached hydrogens (tertiary/aromatic N) is 1. The standard InChI is InChI=1S/C9H16N2/c1-2-3-7-10-11-8-5-4-6-9-11/h1,10H,3-9H2. The molecule has 0 aliphatic carbocycles. The predicted octanol–water partition coefficient (Wildman–Crippen LogP) is 1.00. The van der Waals surface area contributed by atoms with E-state index in [2.05, 4.69) is 16.4 Å². The van der Waals surface area contributed by atoms with Gasteiger partial charge >= 0.3 is 0 Å². The molecule has 1 aliphatic rings. The topological polar surface area (TPSA) is 15.3 Å². The lowest BCUT2D eigenvalue weighted by atomic mass is 10.2. The first kappa shape index (κ1) is 8.58. The van der Waals surface area contributed by atoms with E-state index < -0.39 is 0 Å². The van der Waals surface area contributed by atoms with Gasteiger partial charge in [-0.25, -0.2) is 5.01 Å². The van der Waals surface area contributed by atoms with Gasteiger partial charge < -0.3 is 0 Å². The fraction of sp³-hybridized carbons (Fsp3) is 0.778. The average Bonchev–Trinajstić information content (AvgIpc) is 2.07. The van der Waals surface area contributed by atoms with E-state index in [4.69, 9.17) is 6.42 Å². The molecule has 1 rings (SSSR count). The van der Waals surface area contributed by atoms with Gasteiger partial charge in [0, 0.05) is 26.1 Å². The zero-order valence-corrected chi connectivity index (χ0v) is 6.97. The van der Waals surface area contributed by atoms with Gasteiger partial charge in [-0.05, 0) is 12.8 Å². The van der Waals surface area contributed by atoms with Crippen molar-refractivity contribution in [1.82, 2.24) is 10.4 Å². The minimum atomic E-state index is 0.830. The monoisotopic (exact) mass is 152 g/mol. The van der Waals surface area contributed by atoms with Gasteiger partial charge in [0.15, 0.2) is 0 Å². The van der Waals surface area contributed by atoms with Crippen LogP contribution in [0.5, 0.6) is 0 Å². The van der Waals surface area contributed by atoms with E-state index in [-0.39, 0.29) is 0 Å². The van der Waals surface area contributed by atoms with Crippen LogP contribution >= 0.6 is 0 Å². The molecule has 2 heteroatoms. The highest BCUT2D eigenvalue weighted by molar-refractivity contribution is 4.83. The third kappa shape index (κ3) is 3.41. The molecule has 1 aliphatic heterocycles. The number of hydrogen-bond acceptors (Lipinski definition) is 2. The molecule has 1 N–H and O–H groups in total. The fourth-order valence-corrected chi connectivity index (χ4v) is 1.34. The molecule has 62 valence electrons. The number of hydrogen-bond donors (Lipinski definition) is 1. The van der Waals surface area contributed by atoms with Crippen molar-refractivity contribution in [1.29, 1.82) is 0 Å². The maximum absolute atomic E-state index is 5.14. The van der Waals surface area contributed by atoms with E-state index >= 15 is 0 Å². The Labute approximate surface area is 68.9 Å². The van der Waals surface area contributed by atoms with Gasteiger partial charge in [-0.15, -0.1) is 12.3 Å². The maximum Gasteiger partial charge on any atom is 0.0225 e. The molecule has 0 unspecified atom stereocenters. The van der Waals surface area contributed by atoms with E-state index in [1.807, 2.05) is 0 Å². The first-order chi connectivity index (χ1) is 5.43. The summed E-state index contributed by atoms with van der Waals surface area (Å²) in [6, 6.07) is 0. The minimum Gasteiger partial charge on any atom is -0.254 e. The molecule has 1 fully saturated rings. The van der Waals surface area contributed by atoms with Crippen molar-refractivity contribution >= 4 is 0 Å². The van der Waals surface area contributed by atoms with Crippen LogP contribution in [0.3, 0.4) is 0 Å². The Balaban J connectivity index is 2.01. The molecule has 0 aromatic heterocycles. The van der Waals surface area contributed by atoms with Gasteiger partial charge in [-0.3, -0.25) is 5.43 Å². The van der Waals surface area contributed by atoms with Crippen LogP contribution in [0.1, 0.15) is 25.7 Å². The molecule has 11 heavy (non-hydrogen) atoms. The summed E-state index contributed by atoms with van der Waals surface area (Å²) >= 11 is 0. The van der Waals surface area contributed by atoms with Crippen molar-refractivity contribution in [3.63, 3.8) is 0 Å². The average molecular weight is 152 g/mol. The van der Waals surface area contributed by atoms with Gasteiger partial charge in [0.1, 0.15) is 0 Å². The minimum absolute atomic E-state index is 0.830. The third-order valence-corrected chi connectivity index (χ3v) is 1.96. The number of hydrazine groups is 1. The first-order valence-electron chi connectivity index (χ1n) is 4.35. The van der Waals surface area contributed by atoms with Crippen molar-refractivity contribution < 1.29 is 0 Å². The second-order valence-corrected chi connectivity index (χ2v) is 2.91. The van der Waals surface area contributed by atoms with E-state index in [1.54, 1.807) is 0 Å². The van der Waals surface area contributed by atoms with Crippen molar-refractivity contribution in [2.45, 2.75) is 25.7 Å². The zero-order chi connectivity index (χ0) is 7.94. The summed E-state index contributed by atoms with van der Waals surface area (Å²) in [7, 11) is 0. The van der Waals surface area contributed by atoms with E-state index in [0.717, 1.165) is 13.0 Å². The molecule has 1 heterocycles. The van der Waals surface area contributed by atoms with Gasteiger partial charge in [0.05, 0.1) is 0 Å².